The highest BCUT2D eigenvalue weighted by Crippen LogP contribution is 2.25. The van der Waals surface area contributed by atoms with Crippen LogP contribution in [0.25, 0.3) is 11.4 Å². The molecule has 3 rings (SSSR count). The largest absolute Gasteiger partial charge is 0.405 e. The van der Waals surface area contributed by atoms with E-state index in [9.17, 15) is 18.0 Å². The van der Waals surface area contributed by atoms with Gasteiger partial charge in [0.05, 0.1) is 0 Å². The molecule has 2 atom stereocenters. The molecule has 1 aliphatic rings. The van der Waals surface area contributed by atoms with E-state index in [4.69, 9.17) is 0 Å². The number of tetrazole rings is 1. The van der Waals surface area contributed by atoms with Gasteiger partial charge in [-0.1, -0.05) is 30.3 Å². The molecule has 1 saturated heterocycles. The normalized spacial score (nSPS) is 17.9. The second-order valence-electron chi connectivity index (χ2n) is 6.56. The van der Waals surface area contributed by atoms with E-state index in [1.807, 2.05) is 18.2 Å². The van der Waals surface area contributed by atoms with Gasteiger partial charge in [0, 0.05) is 38.3 Å². The van der Waals surface area contributed by atoms with Crippen LogP contribution in [0.1, 0.15) is 13.0 Å². The van der Waals surface area contributed by atoms with Crippen molar-refractivity contribution in [3.63, 3.8) is 0 Å². The summed E-state index contributed by atoms with van der Waals surface area (Å²) in [5.74, 6) is -0.254. The van der Waals surface area contributed by atoms with Gasteiger partial charge in [-0.05, 0) is 12.1 Å². The summed E-state index contributed by atoms with van der Waals surface area (Å²) in [7, 11) is 0. The average molecular weight is 397 g/mol. The summed E-state index contributed by atoms with van der Waals surface area (Å²) in [5, 5.41) is 17.3. The standard InChI is InChI=1S/C17H22F3N7O/c1-12(27-24-15(23-25-27)13-5-3-2-4-6-13)16(28)22-11-14(17(18,19)20)26-9-7-21-8-10-26/h2-6,12,14,21H,7-11H2,1H3,(H,22,28). The van der Waals surface area contributed by atoms with Crippen LogP contribution in [-0.4, -0.2) is 76.0 Å². The third-order valence-corrected chi connectivity index (χ3v) is 4.63. The predicted molar refractivity (Wildman–Crippen MR) is 95.3 cm³/mol. The highest BCUT2D eigenvalue weighted by molar-refractivity contribution is 5.79. The Morgan fingerprint density at radius 2 is 1.93 bits per heavy atom. The van der Waals surface area contributed by atoms with Crippen LogP contribution in [0.15, 0.2) is 30.3 Å². The summed E-state index contributed by atoms with van der Waals surface area (Å²) in [6, 6.07) is 6.47. The molecule has 0 spiro atoms. The van der Waals surface area contributed by atoms with Crippen LogP contribution < -0.4 is 10.6 Å². The van der Waals surface area contributed by atoms with Crippen LogP contribution in [0.2, 0.25) is 0 Å². The fraction of sp³-hybridized carbons (Fsp3) is 0.529. The lowest BCUT2D eigenvalue weighted by atomic mass is 10.2. The number of carbonyl (C=O) groups is 1. The van der Waals surface area contributed by atoms with Crippen molar-refractivity contribution in [3.8, 4) is 11.4 Å². The molecule has 2 unspecified atom stereocenters. The Kier molecular flexibility index (Phi) is 6.25. The Balaban J connectivity index is 1.62. The molecule has 0 radical (unpaired) electrons. The highest BCUT2D eigenvalue weighted by atomic mass is 19.4. The number of piperazine rings is 1. The zero-order valence-electron chi connectivity index (χ0n) is 15.4. The first kappa shape index (κ1) is 20.2. The van der Waals surface area contributed by atoms with E-state index in [0.29, 0.717) is 18.9 Å². The highest BCUT2D eigenvalue weighted by Gasteiger charge is 2.44. The first-order valence-electron chi connectivity index (χ1n) is 9.00. The van der Waals surface area contributed by atoms with Crippen molar-refractivity contribution in [1.29, 1.82) is 0 Å². The Hall–Kier alpha value is -2.53. The van der Waals surface area contributed by atoms with Crippen LogP contribution in [0, 0.1) is 0 Å². The van der Waals surface area contributed by atoms with Gasteiger partial charge in [-0.2, -0.15) is 18.0 Å². The van der Waals surface area contributed by atoms with Gasteiger partial charge in [-0.15, -0.1) is 10.2 Å². The topological polar surface area (TPSA) is 88.0 Å². The Bertz CT molecular complexity index is 775. The van der Waals surface area contributed by atoms with Crippen molar-refractivity contribution in [2.75, 3.05) is 32.7 Å². The van der Waals surface area contributed by atoms with E-state index in [2.05, 4.69) is 26.0 Å². The van der Waals surface area contributed by atoms with E-state index < -0.39 is 30.7 Å². The van der Waals surface area contributed by atoms with Crippen LogP contribution in [0.5, 0.6) is 0 Å². The smallest absolute Gasteiger partial charge is 0.352 e. The molecular formula is C17H22F3N7O. The first-order valence-corrected chi connectivity index (χ1v) is 9.00. The van der Waals surface area contributed by atoms with Crippen molar-refractivity contribution < 1.29 is 18.0 Å². The minimum atomic E-state index is -4.43. The molecule has 152 valence electrons. The second kappa shape index (κ2) is 8.65. The molecule has 2 N–H and O–H groups in total. The van der Waals surface area contributed by atoms with Gasteiger partial charge in [0.15, 0.2) is 0 Å². The summed E-state index contributed by atoms with van der Waals surface area (Å²) in [6.07, 6.45) is -4.43. The van der Waals surface area contributed by atoms with Gasteiger partial charge in [0.25, 0.3) is 0 Å². The van der Waals surface area contributed by atoms with Gasteiger partial charge < -0.3 is 10.6 Å². The zero-order valence-corrected chi connectivity index (χ0v) is 15.4. The van der Waals surface area contributed by atoms with Crippen molar-refractivity contribution >= 4 is 5.91 Å². The van der Waals surface area contributed by atoms with E-state index in [-0.39, 0.29) is 13.1 Å². The molecule has 1 amide bonds. The zero-order chi connectivity index (χ0) is 20.1. The number of carbonyl (C=O) groups excluding carboxylic acids is 1. The minimum absolute atomic E-state index is 0.278. The molecule has 2 heterocycles. The van der Waals surface area contributed by atoms with Gasteiger partial charge in [-0.25, -0.2) is 0 Å². The Labute approximate surface area is 160 Å². The number of hydrogen-bond donors (Lipinski definition) is 2. The van der Waals surface area contributed by atoms with Crippen LogP contribution in [0.4, 0.5) is 13.2 Å². The summed E-state index contributed by atoms with van der Waals surface area (Å²) in [4.78, 5) is 14.8. The number of nitrogens with one attached hydrogen (secondary N) is 2. The molecule has 0 aliphatic carbocycles. The van der Waals surface area contributed by atoms with Crippen molar-refractivity contribution in [1.82, 2.24) is 35.7 Å². The molecule has 0 saturated carbocycles. The van der Waals surface area contributed by atoms with E-state index in [1.165, 1.54) is 11.8 Å². The fourth-order valence-corrected chi connectivity index (χ4v) is 2.99. The number of nitrogens with zero attached hydrogens (tertiary/aromatic N) is 5. The molecule has 1 aromatic heterocycles. The summed E-state index contributed by atoms with van der Waals surface area (Å²) in [6.45, 7) is 2.53. The monoisotopic (exact) mass is 397 g/mol. The van der Waals surface area contributed by atoms with Crippen molar-refractivity contribution in [3.05, 3.63) is 30.3 Å². The predicted octanol–water partition coefficient (Wildman–Crippen LogP) is 0.853. The first-order chi connectivity index (χ1) is 13.4. The van der Waals surface area contributed by atoms with Gasteiger partial charge in [-0.3, -0.25) is 9.69 Å². The molecule has 28 heavy (non-hydrogen) atoms. The maximum Gasteiger partial charge on any atom is 0.405 e. The molecule has 1 fully saturated rings. The molecule has 2 aromatic rings. The van der Waals surface area contributed by atoms with E-state index >= 15 is 0 Å². The van der Waals surface area contributed by atoms with Gasteiger partial charge >= 0.3 is 6.18 Å². The van der Waals surface area contributed by atoms with Crippen LogP contribution in [0.3, 0.4) is 0 Å². The number of hydrogen-bond acceptors (Lipinski definition) is 6. The van der Waals surface area contributed by atoms with Crippen molar-refractivity contribution in [2.24, 2.45) is 0 Å². The van der Waals surface area contributed by atoms with Gasteiger partial charge in [0.1, 0.15) is 12.1 Å². The van der Waals surface area contributed by atoms with E-state index in [1.54, 1.807) is 12.1 Å². The number of alkyl halides is 3. The number of benzene rings is 1. The average Bonchev–Trinajstić information content (AvgIpc) is 3.18. The Morgan fingerprint density at radius 1 is 1.25 bits per heavy atom. The SMILES string of the molecule is CC(C(=O)NCC(N1CCNCC1)C(F)(F)F)n1nnc(-c2ccccc2)n1. The fourth-order valence-electron chi connectivity index (χ4n) is 2.99. The lowest BCUT2D eigenvalue weighted by Gasteiger charge is -2.36. The second-order valence-corrected chi connectivity index (χ2v) is 6.56. The van der Waals surface area contributed by atoms with E-state index in [0.717, 1.165) is 10.4 Å². The molecule has 8 nitrogen and oxygen atoms in total. The number of amides is 1. The molecule has 1 aromatic carbocycles. The quantitative estimate of drug-likeness (QED) is 0.752. The number of halogens is 3. The third-order valence-electron chi connectivity index (χ3n) is 4.63. The molecule has 1 aliphatic heterocycles. The maximum absolute atomic E-state index is 13.4. The lowest BCUT2D eigenvalue weighted by molar-refractivity contribution is -0.184. The minimum Gasteiger partial charge on any atom is -0.352 e. The summed E-state index contributed by atoms with van der Waals surface area (Å²) in [5.41, 5.74) is 0.734. The maximum atomic E-state index is 13.4. The number of rotatable bonds is 6. The molecule has 11 heteroatoms. The lowest BCUT2D eigenvalue weighted by Crippen LogP contribution is -2.57. The van der Waals surface area contributed by atoms with Crippen LogP contribution >= 0.6 is 0 Å². The summed E-state index contributed by atoms with van der Waals surface area (Å²) >= 11 is 0. The third kappa shape index (κ3) is 4.84. The van der Waals surface area contributed by atoms with Crippen molar-refractivity contribution in [2.45, 2.75) is 25.2 Å². The van der Waals surface area contributed by atoms with Crippen LogP contribution in [-0.2, 0) is 4.79 Å². The number of aromatic nitrogens is 4. The Morgan fingerprint density at radius 3 is 2.57 bits per heavy atom. The van der Waals surface area contributed by atoms with Gasteiger partial charge in [0.2, 0.25) is 11.7 Å². The summed E-state index contributed by atoms with van der Waals surface area (Å²) < 4.78 is 40.3. The molecular weight excluding hydrogens is 375 g/mol. The molecule has 0 bridgehead atoms.